The topological polar surface area (TPSA) is 57.6 Å². The Morgan fingerprint density at radius 3 is 2.35 bits per heavy atom. The standard InChI is InChI=1S/C19H21NO3/c1-14-8-9-17(15(2)12-14)19(23)20(13-18(21)22)11-10-16-6-4-3-5-7-16/h3-9,12H,10-11,13H2,1-2H3,(H,21,22). The summed E-state index contributed by atoms with van der Waals surface area (Å²) in [4.78, 5) is 25.2. The molecule has 2 rings (SSSR count). The fourth-order valence-corrected chi connectivity index (χ4v) is 2.55. The van der Waals surface area contributed by atoms with Gasteiger partial charge in [-0.2, -0.15) is 0 Å². The smallest absolute Gasteiger partial charge is 0.323 e. The first-order chi connectivity index (χ1) is 11.0. The first kappa shape index (κ1) is 16.7. The van der Waals surface area contributed by atoms with Crippen molar-refractivity contribution < 1.29 is 14.7 Å². The summed E-state index contributed by atoms with van der Waals surface area (Å²) in [6.45, 7) is 3.92. The van der Waals surface area contributed by atoms with Gasteiger partial charge in [-0.1, -0.05) is 48.0 Å². The molecule has 4 heteroatoms. The highest BCUT2D eigenvalue weighted by molar-refractivity contribution is 5.97. The van der Waals surface area contributed by atoms with Crippen LogP contribution in [0.5, 0.6) is 0 Å². The molecule has 120 valence electrons. The maximum atomic E-state index is 12.7. The lowest BCUT2D eigenvalue weighted by Crippen LogP contribution is -2.37. The molecule has 1 amide bonds. The van der Waals surface area contributed by atoms with E-state index in [4.69, 9.17) is 5.11 Å². The number of aryl methyl sites for hydroxylation is 2. The second-order valence-electron chi connectivity index (χ2n) is 5.67. The van der Waals surface area contributed by atoms with Crippen molar-refractivity contribution in [1.82, 2.24) is 4.90 Å². The van der Waals surface area contributed by atoms with E-state index in [0.717, 1.165) is 16.7 Å². The van der Waals surface area contributed by atoms with E-state index in [1.54, 1.807) is 6.07 Å². The number of aliphatic carboxylic acids is 1. The molecule has 0 aliphatic rings. The van der Waals surface area contributed by atoms with Crippen LogP contribution in [0.3, 0.4) is 0 Å². The first-order valence-corrected chi connectivity index (χ1v) is 7.59. The summed E-state index contributed by atoms with van der Waals surface area (Å²) >= 11 is 0. The zero-order valence-corrected chi connectivity index (χ0v) is 13.5. The van der Waals surface area contributed by atoms with Crippen molar-refractivity contribution in [2.45, 2.75) is 20.3 Å². The predicted octanol–water partition coefficient (Wildman–Crippen LogP) is 3.07. The number of hydrogen-bond donors (Lipinski definition) is 1. The minimum absolute atomic E-state index is 0.235. The molecule has 4 nitrogen and oxygen atoms in total. The lowest BCUT2D eigenvalue weighted by atomic mass is 10.0. The van der Waals surface area contributed by atoms with Gasteiger partial charge in [0.15, 0.2) is 0 Å². The van der Waals surface area contributed by atoms with Gasteiger partial charge in [0, 0.05) is 12.1 Å². The van der Waals surface area contributed by atoms with E-state index in [2.05, 4.69) is 0 Å². The molecular formula is C19H21NO3. The number of amides is 1. The third kappa shape index (κ3) is 4.68. The summed E-state index contributed by atoms with van der Waals surface area (Å²) in [5.41, 5.74) is 3.58. The predicted molar refractivity (Wildman–Crippen MR) is 89.6 cm³/mol. The van der Waals surface area contributed by atoms with Crippen molar-refractivity contribution in [2.24, 2.45) is 0 Å². The summed E-state index contributed by atoms with van der Waals surface area (Å²) < 4.78 is 0. The molecule has 0 aliphatic carbocycles. The number of rotatable bonds is 6. The van der Waals surface area contributed by atoms with Gasteiger partial charge in [0.05, 0.1) is 0 Å². The Bertz CT molecular complexity index is 695. The van der Waals surface area contributed by atoms with Crippen molar-refractivity contribution in [1.29, 1.82) is 0 Å². The zero-order valence-electron chi connectivity index (χ0n) is 13.5. The molecule has 23 heavy (non-hydrogen) atoms. The molecule has 0 aliphatic heterocycles. The third-order valence-corrected chi connectivity index (χ3v) is 3.74. The van der Waals surface area contributed by atoms with Crippen LogP contribution >= 0.6 is 0 Å². The molecule has 0 spiro atoms. The van der Waals surface area contributed by atoms with Crippen LogP contribution < -0.4 is 0 Å². The Labute approximate surface area is 136 Å². The molecule has 2 aromatic carbocycles. The summed E-state index contributed by atoms with van der Waals surface area (Å²) in [5.74, 6) is -1.24. The van der Waals surface area contributed by atoms with E-state index in [9.17, 15) is 9.59 Å². The van der Waals surface area contributed by atoms with Crippen LogP contribution in [0.2, 0.25) is 0 Å². The van der Waals surface area contributed by atoms with Crippen molar-refractivity contribution in [3.05, 3.63) is 70.8 Å². The molecule has 0 saturated carbocycles. The maximum absolute atomic E-state index is 12.7. The quantitative estimate of drug-likeness (QED) is 0.892. The van der Waals surface area contributed by atoms with Crippen LogP contribution in [0.25, 0.3) is 0 Å². The molecule has 0 heterocycles. The van der Waals surface area contributed by atoms with Crippen molar-refractivity contribution in [2.75, 3.05) is 13.1 Å². The average molecular weight is 311 g/mol. The molecule has 0 bridgehead atoms. The van der Waals surface area contributed by atoms with Gasteiger partial charge in [-0.05, 0) is 37.5 Å². The highest BCUT2D eigenvalue weighted by atomic mass is 16.4. The molecule has 0 radical (unpaired) electrons. The molecule has 0 aromatic heterocycles. The zero-order chi connectivity index (χ0) is 16.8. The molecule has 1 N–H and O–H groups in total. The lowest BCUT2D eigenvalue weighted by molar-refractivity contribution is -0.137. The Morgan fingerprint density at radius 2 is 1.74 bits per heavy atom. The van der Waals surface area contributed by atoms with Gasteiger partial charge in [0.1, 0.15) is 6.54 Å². The number of hydrogen-bond acceptors (Lipinski definition) is 2. The van der Waals surface area contributed by atoms with Crippen LogP contribution in [0.15, 0.2) is 48.5 Å². The number of carbonyl (C=O) groups is 2. The first-order valence-electron chi connectivity index (χ1n) is 7.59. The Hall–Kier alpha value is -2.62. The number of carboxylic acids is 1. The summed E-state index contributed by atoms with van der Waals surface area (Å²) in [5, 5.41) is 9.10. The second kappa shape index (κ2) is 7.58. The number of carbonyl (C=O) groups excluding carboxylic acids is 1. The normalized spacial score (nSPS) is 10.3. The van der Waals surface area contributed by atoms with Crippen LogP contribution in [-0.2, 0) is 11.2 Å². The molecule has 0 fully saturated rings. The van der Waals surface area contributed by atoms with E-state index in [0.29, 0.717) is 18.5 Å². The Balaban J connectivity index is 2.16. The van der Waals surface area contributed by atoms with Crippen LogP contribution in [0.4, 0.5) is 0 Å². The Kier molecular flexibility index (Phi) is 5.52. The highest BCUT2D eigenvalue weighted by Crippen LogP contribution is 2.14. The summed E-state index contributed by atoms with van der Waals surface area (Å²) in [6.07, 6.45) is 0.630. The van der Waals surface area contributed by atoms with Gasteiger partial charge in [-0.3, -0.25) is 9.59 Å². The van der Waals surface area contributed by atoms with Crippen molar-refractivity contribution in [3.8, 4) is 0 Å². The van der Waals surface area contributed by atoms with Gasteiger partial charge in [-0.25, -0.2) is 0 Å². The van der Waals surface area contributed by atoms with Gasteiger partial charge < -0.3 is 10.0 Å². The van der Waals surface area contributed by atoms with E-state index in [1.807, 2.05) is 56.3 Å². The second-order valence-corrected chi connectivity index (χ2v) is 5.67. The van der Waals surface area contributed by atoms with Crippen molar-refractivity contribution >= 4 is 11.9 Å². The summed E-state index contributed by atoms with van der Waals surface area (Å²) in [6, 6.07) is 15.3. The van der Waals surface area contributed by atoms with Gasteiger partial charge in [0.25, 0.3) is 5.91 Å². The van der Waals surface area contributed by atoms with Gasteiger partial charge >= 0.3 is 5.97 Å². The van der Waals surface area contributed by atoms with Crippen LogP contribution in [0, 0.1) is 13.8 Å². The number of benzene rings is 2. The molecule has 0 atom stereocenters. The number of nitrogens with zero attached hydrogens (tertiary/aromatic N) is 1. The largest absolute Gasteiger partial charge is 0.480 e. The SMILES string of the molecule is Cc1ccc(C(=O)N(CCc2ccccc2)CC(=O)O)c(C)c1. The number of carboxylic acid groups (broad SMARTS) is 1. The minimum Gasteiger partial charge on any atom is -0.480 e. The molecule has 0 saturated heterocycles. The minimum atomic E-state index is -1.00. The highest BCUT2D eigenvalue weighted by Gasteiger charge is 2.19. The molecule has 0 unspecified atom stereocenters. The van der Waals surface area contributed by atoms with Gasteiger partial charge in [0.2, 0.25) is 0 Å². The van der Waals surface area contributed by atoms with E-state index in [-0.39, 0.29) is 12.5 Å². The van der Waals surface area contributed by atoms with E-state index < -0.39 is 5.97 Å². The van der Waals surface area contributed by atoms with Crippen LogP contribution in [0.1, 0.15) is 27.0 Å². The third-order valence-electron chi connectivity index (χ3n) is 3.74. The van der Waals surface area contributed by atoms with E-state index in [1.165, 1.54) is 4.90 Å². The summed E-state index contributed by atoms with van der Waals surface area (Å²) in [7, 11) is 0. The molecular weight excluding hydrogens is 290 g/mol. The fourth-order valence-electron chi connectivity index (χ4n) is 2.55. The average Bonchev–Trinajstić information content (AvgIpc) is 2.51. The van der Waals surface area contributed by atoms with Gasteiger partial charge in [-0.15, -0.1) is 0 Å². The molecule has 2 aromatic rings. The Morgan fingerprint density at radius 1 is 1.04 bits per heavy atom. The van der Waals surface area contributed by atoms with Crippen molar-refractivity contribution in [3.63, 3.8) is 0 Å². The lowest BCUT2D eigenvalue weighted by Gasteiger charge is -2.22. The fraction of sp³-hybridized carbons (Fsp3) is 0.263. The van der Waals surface area contributed by atoms with Crippen LogP contribution in [-0.4, -0.2) is 35.0 Å². The maximum Gasteiger partial charge on any atom is 0.323 e. The monoisotopic (exact) mass is 311 g/mol. The van der Waals surface area contributed by atoms with E-state index >= 15 is 0 Å².